The number of hydrogen-bond acceptors (Lipinski definition) is 1. The van der Waals surface area contributed by atoms with Crippen LogP contribution < -0.4 is 0 Å². The van der Waals surface area contributed by atoms with Crippen molar-refractivity contribution < 1.29 is 5.11 Å². The van der Waals surface area contributed by atoms with Crippen LogP contribution in [0.3, 0.4) is 0 Å². The van der Waals surface area contributed by atoms with E-state index < -0.39 is 0 Å². The second-order valence-corrected chi connectivity index (χ2v) is 2.74. The first kappa shape index (κ1) is 9.83. The molecule has 1 aromatic rings. The maximum Gasteiger partial charge on any atom is 0.195 e. The molecular formula is C11H8N2O. The molecule has 0 aromatic heterocycles. The second kappa shape index (κ2) is 4.11. The van der Waals surface area contributed by atoms with Gasteiger partial charge in [0.1, 0.15) is 0 Å². The number of hydrogen-bond donors (Lipinski definition) is 1. The summed E-state index contributed by atoms with van der Waals surface area (Å²) in [5.41, 5.74) is 2.09. The van der Waals surface area contributed by atoms with Crippen molar-refractivity contribution in [3.63, 3.8) is 0 Å². The van der Waals surface area contributed by atoms with E-state index in [-0.39, 0.29) is 0 Å². The summed E-state index contributed by atoms with van der Waals surface area (Å²) in [6.07, 6.45) is 0.987. The number of nitrogens with zero attached hydrogens (tertiary/aromatic N) is 2. The first-order valence-corrected chi connectivity index (χ1v) is 3.93. The molecule has 1 aromatic carbocycles. The van der Waals surface area contributed by atoms with Crippen molar-refractivity contribution in [1.82, 2.24) is 0 Å². The summed E-state index contributed by atoms with van der Waals surface area (Å²) in [7, 11) is 0. The van der Waals surface area contributed by atoms with Gasteiger partial charge in [-0.3, -0.25) is 9.69 Å². The largest absolute Gasteiger partial charge is 0.515 e. The summed E-state index contributed by atoms with van der Waals surface area (Å²) >= 11 is 0. The molecule has 0 spiro atoms. The third-order valence-electron chi connectivity index (χ3n) is 1.87. The van der Waals surface area contributed by atoms with Gasteiger partial charge in [-0.2, -0.15) is 0 Å². The van der Waals surface area contributed by atoms with Crippen LogP contribution in [0.25, 0.3) is 15.3 Å². The predicted octanol–water partition coefficient (Wildman–Crippen LogP) is 3.71. The molecule has 0 aliphatic carbocycles. The van der Waals surface area contributed by atoms with Crippen molar-refractivity contribution in [3.8, 4) is 0 Å². The smallest absolute Gasteiger partial charge is 0.195 e. The van der Waals surface area contributed by atoms with Crippen LogP contribution in [0.5, 0.6) is 0 Å². The van der Waals surface area contributed by atoms with E-state index >= 15 is 0 Å². The van der Waals surface area contributed by atoms with Gasteiger partial charge in [0.15, 0.2) is 11.4 Å². The van der Waals surface area contributed by atoms with Crippen molar-refractivity contribution in [2.75, 3.05) is 0 Å². The van der Waals surface area contributed by atoms with Crippen LogP contribution in [-0.2, 0) is 0 Å². The quantitative estimate of drug-likeness (QED) is 0.523. The molecule has 0 radical (unpaired) electrons. The lowest BCUT2D eigenvalue weighted by atomic mass is 10.1. The van der Waals surface area contributed by atoms with E-state index in [0.29, 0.717) is 16.9 Å². The average molecular weight is 184 g/mol. The lowest BCUT2D eigenvalue weighted by Crippen LogP contribution is -1.78. The molecule has 0 aliphatic rings. The maximum absolute atomic E-state index is 8.78. The van der Waals surface area contributed by atoms with Gasteiger partial charge in [-0.1, -0.05) is 18.2 Å². The van der Waals surface area contributed by atoms with Gasteiger partial charge >= 0.3 is 0 Å². The summed E-state index contributed by atoms with van der Waals surface area (Å²) in [4.78, 5) is 6.47. The SMILES string of the molecule is [C-]#[N+]c1ccc(/C(C)=C/O)cc1[N+]#[C-]. The molecule has 1 rings (SSSR count). The van der Waals surface area contributed by atoms with Crippen LogP contribution in [0.15, 0.2) is 24.5 Å². The number of allylic oxidation sites excluding steroid dienone is 1. The Morgan fingerprint density at radius 2 is 1.93 bits per heavy atom. The molecule has 0 saturated heterocycles. The third-order valence-corrected chi connectivity index (χ3v) is 1.87. The second-order valence-electron chi connectivity index (χ2n) is 2.74. The molecule has 0 bridgehead atoms. The van der Waals surface area contributed by atoms with E-state index in [0.717, 1.165) is 11.8 Å². The number of rotatable bonds is 1. The van der Waals surface area contributed by atoms with Gasteiger partial charge in [0.05, 0.1) is 19.4 Å². The molecule has 0 heterocycles. The predicted molar refractivity (Wildman–Crippen MR) is 55.2 cm³/mol. The number of benzene rings is 1. The zero-order chi connectivity index (χ0) is 10.6. The monoisotopic (exact) mass is 184 g/mol. The van der Waals surface area contributed by atoms with E-state index in [1.807, 2.05) is 0 Å². The van der Waals surface area contributed by atoms with Crippen molar-refractivity contribution in [2.45, 2.75) is 6.92 Å². The van der Waals surface area contributed by atoms with Crippen LogP contribution >= 0.6 is 0 Å². The van der Waals surface area contributed by atoms with E-state index in [1.54, 1.807) is 25.1 Å². The zero-order valence-corrected chi connectivity index (χ0v) is 7.65. The fourth-order valence-corrected chi connectivity index (χ4v) is 1.03. The van der Waals surface area contributed by atoms with Crippen LogP contribution in [0.4, 0.5) is 11.4 Å². The van der Waals surface area contributed by atoms with Gasteiger partial charge in [0, 0.05) is 0 Å². The standard InChI is InChI=1S/C11H8N2O/c1-8(7-14)9-4-5-10(12-2)11(6-9)13-3/h4-7,14H,1H3/b8-7+. The molecular weight excluding hydrogens is 176 g/mol. The first-order valence-electron chi connectivity index (χ1n) is 3.93. The number of aliphatic hydroxyl groups is 1. The Morgan fingerprint density at radius 3 is 2.43 bits per heavy atom. The highest BCUT2D eigenvalue weighted by Crippen LogP contribution is 2.31. The summed E-state index contributed by atoms with van der Waals surface area (Å²) in [5, 5.41) is 8.78. The Morgan fingerprint density at radius 1 is 1.29 bits per heavy atom. The summed E-state index contributed by atoms with van der Waals surface area (Å²) in [6.45, 7) is 15.4. The normalized spacial score (nSPS) is 10.4. The molecule has 0 unspecified atom stereocenters. The third kappa shape index (κ3) is 1.73. The minimum absolute atomic E-state index is 0.318. The maximum atomic E-state index is 8.78. The Hall–Kier alpha value is -2.26. The molecule has 14 heavy (non-hydrogen) atoms. The minimum Gasteiger partial charge on any atom is -0.515 e. The Balaban J connectivity index is 3.31. The van der Waals surface area contributed by atoms with E-state index in [4.69, 9.17) is 18.3 Å². The average Bonchev–Trinajstić information content (AvgIpc) is 2.26. The zero-order valence-electron chi connectivity index (χ0n) is 7.65. The molecule has 0 aliphatic heterocycles. The van der Waals surface area contributed by atoms with Gasteiger partial charge in [0.25, 0.3) is 0 Å². The molecule has 0 saturated carbocycles. The molecule has 3 nitrogen and oxygen atoms in total. The molecule has 0 atom stereocenters. The Labute approximate surface area is 82.6 Å². The highest BCUT2D eigenvalue weighted by atomic mass is 16.2. The minimum atomic E-state index is 0.318. The topological polar surface area (TPSA) is 28.9 Å². The molecule has 1 N–H and O–H groups in total. The van der Waals surface area contributed by atoms with Crippen molar-refractivity contribution in [2.24, 2.45) is 0 Å². The van der Waals surface area contributed by atoms with Crippen molar-refractivity contribution >= 4 is 16.9 Å². The Bertz CT molecular complexity index is 461. The fraction of sp³-hybridized carbons (Fsp3) is 0.0909. The van der Waals surface area contributed by atoms with Gasteiger partial charge in [-0.25, -0.2) is 0 Å². The molecule has 0 amide bonds. The highest BCUT2D eigenvalue weighted by Gasteiger charge is 2.04. The van der Waals surface area contributed by atoms with Gasteiger partial charge < -0.3 is 5.11 Å². The molecule has 3 heteroatoms. The Kier molecular flexibility index (Phi) is 2.89. The van der Waals surface area contributed by atoms with Crippen molar-refractivity contribution in [1.29, 1.82) is 0 Å². The summed E-state index contributed by atoms with van der Waals surface area (Å²) in [5.74, 6) is 0. The summed E-state index contributed by atoms with van der Waals surface area (Å²) < 4.78 is 0. The van der Waals surface area contributed by atoms with Crippen LogP contribution in [-0.4, -0.2) is 5.11 Å². The van der Waals surface area contributed by atoms with Gasteiger partial charge in [-0.05, 0) is 18.1 Å². The number of aliphatic hydroxyl groups excluding tert-OH is 1. The van der Waals surface area contributed by atoms with E-state index in [9.17, 15) is 0 Å². The van der Waals surface area contributed by atoms with Gasteiger partial charge in [0.2, 0.25) is 0 Å². The first-order chi connectivity index (χ1) is 6.72. The summed E-state index contributed by atoms with van der Waals surface area (Å²) in [6, 6.07) is 4.90. The lowest BCUT2D eigenvalue weighted by Gasteiger charge is -2.01. The van der Waals surface area contributed by atoms with E-state index in [2.05, 4.69) is 9.69 Å². The fourth-order valence-electron chi connectivity index (χ4n) is 1.03. The molecule has 0 fully saturated rings. The van der Waals surface area contributed by atoms with Gasteiger partial charge in [-0.15, -0.1) is 0 Å². The van der Waals surface area contributed by atoms with Crippen molar-refractivity contribution in [3.05, 3.63) is 52.9 Å². The lowest BCUT2D eigenvalue weighted by molar-refractivity contribution is 0.475. The van der Waals surface area contributed by atoms with Crippen LogP contribution in [0.2, 0.25) is 0 Å². The van der Waals surface area contributed by atoms with Crippen LogP contribution in [0, 0.1) is 13.1 Å². The van der Waals surface area contributed by atoms with Crippen LogP contribution in [0.1, 0.15) is 12.5 Å². The van der Waals surface area contributed by atoms with E-state index in [1.165, 1.54) is 0 Å². The molecule has 68 valence electrons. The highest BCUT2D eigenvalue weighted by molar-refractivity contribution is 5.76.